The quantitative estimate of drug-likeness (QED) is 0.524. The highest BCUT2D eigenvalue weighted by Crippen LogP contribution is 2.20. The van der Waals surface area contributed by atoms with Crippen LogP contribution in [0.5, 0.6) is 0 Å². The molecule has 0 saturated carbocycles. The minimum Gasteiger partial charge on any atom is -0.398 e. The van der Waals surface area contributed by atoms with Gasteiger partial charge in [0.2, 0.25) is 5.91 Å². The third kappa shape index (κ3) is 6.03. The molecule has 2 heterocycles. The molecular weight excluding hydrogens is 428 g/mol. The Kier molecular flexibility index (Phi) is 7.61. The number of nitrogens with one attached hydrogen (secondary N) is 2. The number of hydrogen-bond acceptors (Lipinski definition) is 7. The van der Waals surface area contributed by atoms with Gasteiger partial charge in [-0.05, 0) is 61.5 Å². The van der Waals surface area contributed by atoms with Gasteiger partial charge in [0.15, 0.2) is 0 Å². The van der Waals surface area contributed by atoms with Crippen LogP contribution < -0.4 is 21.3 Å². The van der Waals surface area contributed by atoms with E-state index in [2.05, 4.69) is 39.2 Å². The number of benzene rings is 2. The Labute approximate surface area is 200 Å². The second kappa shape index (κ2) is 11.0. The molecule has 0 spiro atoms. The van der Waals surface area contributed by atoms with Gasteiger partial charge in [-0.25, -0.2) is 4.99 Å². The summed E-state index contributed by atoms with van der Waals surface area (Å²) in [6, 6.07) is 15.6. The second-order valence-corrected chi connectivity index (χ2v) is 8.47. The Balaban J connectivity index is 1.26. The fraction of sp³-hybridized carbons (Fsp3) is 0.308. The predicted molar refractivity (Wildman–Crippen MR) is 139 cm³/mol. The van der Waals surface area contributed by atoms with Crippen molar-refractivity contribution >= 4 is 34.9 Å². The maximum Gasteiger partial charge on any atom is 0.241 e. The van der Waals surface area contributed by atoms with Gasteiger partial charge in [-0.3, -0.25) is 9.69 Å². The summed E-state index contributed by atoms with van der Waals surface area (Å²) in [5, 5.41) is 6.13. The lowest BCUT2D eigenvalue weighted by molar-refractivity contribution is -0.124. The minimum atomic E-state index is -0.0368. The first kappa shape index (κ1) is 23.5. The van der Waals surface area contributed by atoms with E-state index >= 15 is 0 Å². The zero-order valence-electron chi connectivity index (χ0n) is 19.5. The van der Waals surface area contributed by atoms with Crippen LogP contribution in [0.25, 0.3) is 5.70 Å². The molecule has 2 aromatic carbocycles. The zero-order chi connectivity index (χ0) is 23.9. The number of nitrogens with zero attached hydrogens (tertiary/aromatic N) is 3. The summed E-state index contributed by atoms with van der Waals surface area (Å²) in [6.07, 6.45) is 4.25. The van der Waals surface area contributed by atoms with E-state index in [1.807, 2.05) is 48.3 Å². The molecule has 4 rings (SSSR count). The normalized spacial score (nSPS) is 19.0. The van der Waals surface area contributed by atoms with Crippen molar-refractivity contribution in [3.63, 3.8) is 0 Å². The molecular formula is C26H32N6O2. The molecule has 1 atom stereocenters. The van der Waals surface area contributed by atoms with E-state index in [1.165, 1.54) is 5.69 Å². The average molecular weight is 461 g/mol. The molecule has 2 aliphatic heterocycles. The minimum absolute atomic E-state index is 0.0268. The van der Waals surface area contributed by atoms with Crippen LogP contribution in [-0.2, 0) is 9.53 Å². The van der Waals surface area contributed by atoms with Gasteiger partial charge in [-0.15, -0.1) is 0 Å². The van der Waals surface area contributed by atoms with Gasteiger partial charge in [0.05, 0.1) is 19.3 Å². The first-order valence-corrected chi connectivity index (χ1v) is 11.5. The van der Waals surface area contributed by atoms with Gasteiger partial charge in [0.25, 0.3) is 0 Å². The summed E-state index contributed by atoms with van der Waals surface area (Å²) in [7, 11) is 1.95. The Morgan fingerprint density at radius 2 is 1.71 bits per heavy atom. The van der Waals surface area contributed by atoms with Gasteiger partial charge in [-0.1, -0.05) is 18.7 Å². The van der Waals surface area contributed by atoms with E-state index in [-0.39, 0.29) is 11.9 Å². The number of likely N-dealkylation sites (tertiary alicyclic amines) is 1. The summed E-state index contributed by atoms with van der Waals surface area (Å²) in [6.45, 7) is 8.26. The number of amides is 1. The Morgan fingerprint density at radius 1 is 1.06 bits per heavy atom. The van der Waals surface area contributed by atoms with E-state index < -0.39 is 0 Å². The van der Waals surface area contributed by atoms with Crippen molar-refractivity contribution in [2.45, 2.75) is 12.5 Å². The molecule has 178 valence electrons. The van der Waals surface area contributed by atoms with Gasteiger partial charge in [-0.2, -0.15) is 0 Å². The van der Waals surface area contributed by atoms with Crippen LogP contribution in [0, 0.1) is 0 Å². The van der Waals surface area contributed by atoms with Crippen molar-refractivity contribution in [3.8, 4) is 0 Å². The van der Waals surface area contributed by atoms with E-state index in [9.17, 15) is 4.79 Å². The molecule has 2 saturated heterocycles. The second-order valence-electron chi connectivity index (χ2n) is 8.47. The van der Waals surface area contributed by atoms with Crippen molar-refractivity contribution in [2.24, 2.45) is 10.7 Å². The van der Waals surface area contributed by atoms with Gasteiger partial charge < -0.3 is 26.0 Å². The molecule has 0 bridgehead atoms. The number of allylic oxidation sites excluding steroid dienone is 1. The van der Waals surface area contributed by atoms with E-state index in [0.717, 1.165) is 56.2 Å². The molecule has 0 aromatic heterocycles. The number of morpholine rings is 1. The SMILES string of the molecule is C=C(N=C/C=C(\N)c1ccc(NC(=O)[C@@H]2CCN2C)cc1)Nc1ccc(N2CCOCC2)cc1. The topological polar surface area (TPSA) is 95.2 Å². The number of likely N-dealkylation sites (N-methyl/N-ethyl adjacent to an activating group) is 1. The van der Waals surface area contributed by atoms with E-state index in [1.54, 1.807) is 12.3 Å². The number of carbonyl (C=O) groups excluding carboxylic acids is 1. The van der Waals surface area contributed by atoms with Crippen LogP contribution in [0.4, 0.5) is 17.1 Å². The van der Waals surface area contributed by atoms with Crippen LogP contribution in [0.3, 0.4) is 0 Å². The van der Waals surface area contributed by atoms with Gasteiger partial charge in [0.1, 0.15) is 5.82 Å². The summed E-state index contributed by atoms with van der Waals surface area (Å²) in [5.41, 5.74) is 10.5. The van der Waals surface area contributed by atoms with Crippen molar-refractivity contribution in [1.29, 1.82) is 0 Å². The van der Waals surface area contributed by atoms with Crippen molar-refractivity contribution < 1.29 is 9.53 Å². The maximum absolute atomic E-state index is 12.2. The number of anilines is 3. The zero-order valence-corrected chi connectivity index (χ0v) is 19.5. The van der Waals surface area contributed by atoms with Crippen LogP contribution in [0.15, 0.2) is 72.0 Å². The third-order valence-electron chi connectivity index (χ3n) is 6.09. The molecule has 1 amide bonds. The molecule has 4 N–H and O–H groups in total. The van der Waals surface area contributed by atoms with Gasteiger partial charge in [0, 0.05) is 48.6 Å². The fourth-order valence-electron chi connectivity index (χ4n) is 3.90. The highest BCUT2D eigenvalue weighted by atomic mass is 16.5. The first-order chi connectivity index (χ1) is 16.5. The monoisotopic (exact) mass is 460 g/mol. The van der Waals surface area contributed by atoms with Crippen molar-refractivity contribution in [1.82, 2.24) is 4.90 Å². The first-order valence-electron chi connectivity index (χ1n) is 11.5. The molecule has 2 aliphatic rings. The van der Waals surface area contributed by atoms with Crippen LogP contribution in [0.2, 0.25) is 0 Å². The number of hydrogen-bond donors (Lipinski definition) is 3. The number of carbonyl (C=O) groups is 1. The van der Waals surface area contributed by atoms with Crippen molar-refractivity contribution in [2.75, 3.05) is 55.4 Å². The highest BCUT2D eigenvalue weighted by molar-refractivity contribution is 5.95. The molecule has 8 heteroatoms. The Morgan fingerprint density at radius 3 is 2.32 bits per heavy atom. The van der Waals surface area contributed by atoms with Crippen LogP contribution in [0.1, 0.15) is 12.0 Å². The molecule has 2 fully saturated rings. The Hall–Kier alpha value is -3.62. The molecule has 0 radical (unpaired) electrons. The number of nitrogens with two attached hydrogens (primary N) is 1. The predicted octanol–water partition coefficient (Wildman–Crippen LogP) is 3.12. The fourth-order valence-corrected chi connectivity index (χ4v) is 3.90. The average Bonchev–Trinajstić information content (AvgIpc) is 2.84. The number of rotatable bonds is 8. The lowest BCUT2D eigenvalue weighted by Crippen LogP contribution is -2.51. The van der Waals surface area contributed by atoms with Gasteiger partial charge >= 0.3 is 0 Å². The molecule has 0 aliphatic carbocycles. The lowest BCUT2D eigenvalue weighted by atomic mass is 10.0. The summed E-state index contributed by atoms with van der Waals surface area (Å²) in [4.78, 5) is 20.9. The Bertz CT molecular complexity index is 1060. The van der Waals surface area contributed by atoms with E-state index in [0.29, 0.717) is 11.5 Å². The van der Waals surface area contributed by atoms with Crippen LogP contribution >= 0.6 is 0 Å². The molecule has 0 unspecified atom stereocenters. The summed E-state index contributed by atoms with van der Waals surface area (Å²) in [5.74, 6) is 0.543. The van der Waals surface area contributed by atoms with E-state index in [4.69, 9.17) is 10.5 Å². The lowest BCUT2D eigenvalue weighted by Gasteiger charge is -2.36. The highest BCUT2D eigenvalue weighted by Gasteiger charge is 2.30. The number of ether oxygens (including phenoxy) is 1. The standard InChI is InChI=1S/C26H32N6O2/c1-19(29-21-7-9-23(10-8-21)32-15-17-34-18-16-32)28-13-11-24(27)20-3-5-22(6-4-20)30-26(33)25-12-14-31(25)2/h3-11,13,25,29H,1,12,14-18,27H2,2H3,(H,30,33)/b24-11-,28-13?/t25-/m0/s1. The summed E-state index contributed by atoms with van der Waals surface area (Å²) < 4.78 is 5.40. The van der Waals surface area contributed by atoms with Crippen molar-refractivity contribution in [3.05, 3.63) is 72.6 Å². The smallest absolute Gasteiger partial charge is 0.241 e. The largest absolute Gasteiger partial charge is 0.398 e. The molecule has 2 aromatic rings. The number of aliphatic imine (C=N–C) groups is 1. The molecule has 34 heavy (non-hydrogen) atoms. The maximum atomic E-state index is 12.2. The third-order valence-corrected chi connectivity index (χ3v) is 6.09. The van der Waals surface area contributed by atoms with Crippen LogP contribution in [-0.4, -0.2) is 63.0 Å². The molecule has 8 nitrogen and oxygen atoms in total. The summed E-state index contributed by atoms with van der Waals surface area (Å²) >= 11 is 0.